The SMILES string of the molecule is CC1CN(CCC(=O)c2cn[nH]c2-c2ncccn2)CCC1(O)c1ccc(Cl)cc1. The predicted octanol–water partition coefficient (Wildman–Crippen LogP) is 3.32. The van der Waals surface area contributed by atoms with Crippen molar-refractivity contribution in [2.75, 3.05) is 19.6 Å². The highest BCUT2D eigenvalue weighted by atomic mass is 35.5. The molecule has 30 heavy (non-hydrogen) atoms. The number of likely N-dealkylation sites (tertiary alicyclic amines) is 1. The number of hydrogen-bond donors (Lipinski definition) is 2. The van der Waals surface area contributed by atoms with Crippen molar-refractivity contribution in [1.29, 1.82) is 0 Å². The first-order valence-corrected chi connectivity index (χ1v) is 10.4. The minimum atomic E-state index is -0.881. The molecule has 0 bridgehead atoms. The topological polar surface area (TPSA) is 95.0 Å². The van der Waals surface area contributed by atoms with Gasteiger partial charge in [-0.1, -0.05) is 30.7 Å². The lowest BCUT2D eigenvalue weighted by Crippen LogP contribution is -2.49. The van der Waals surface area contributed by atoms with Crippen molar-refractivity contribution in [2.24, 2.45) is 5.92 Å². The Bertz CT molecular complexity index is 1010. The van der Waals surface area contributed by atoms with Gasteiger partial charge in [-0.25, -0.2) is 9.97 Å². The van der Waals surface area contributed by atoms with Gasteiger partial charge in [-0.3, -0.25) is 9.89 Å². The van der Waals surface area contributed by atoms with E-state index in [1.165, 1.54) is 6.20 Å². The van der Waals surface area contributed by atoms with E-state index in [4.69, 9.17) is 11.6 Å². The summed E-state index contributed by atoms with van der Waals surface area (Å²) in [5.41, 5.74) is 1.06. The molecular formula is C22H24ClN5O2. The molecular weight excluding hydrogens is 402 g/mol. The van der Waals surface area contributed by atoms with Crippen molar-refractivity contribution in [1.82, 2.24) is 25.1 Å². The van der Waals surface area contributed by atoms with Crippen molar-refractivity contribution in [3.8, 4) is 11.5 Å². The second-order valence-electron chi connectivity index (χ2n) is 7.79. The minimum Gasteiger partial charge on any atom is -0.385 e. The van der Waals surface area contributed by atoms with Crippen LogP contribution >= 0.6 is 11.6 Å². The van der Waals surface area contributed by atoms with Crippen LogP contribution in [0.2, 0.25) is 5.02 Å². The van der Waals surface area contributed by atoms with Crippen LogP contribution in [0.15, 0.2) is 48.9 Å². The molecule has 0 saturated carbocycles. The third-order valence-corrected chi connectivity index (χ3v) is 6.14. The summed E-state index contributed by atoms with van der Waals surface area (Å²) in [5, 5.41) is 18.7. The van der Waals surface area contributed by atoms with E-state index < -0.39 is 5.60 Å². The monoisotopic (exact) mass is 425 g/mol. The molecule has 0 aliphatic carbocycles. The summed E-state index contributed by atoms with van der Waals surface area (Å²) in [6.07, 6.45) is 5.78. The van der Waals surface area contributed by atoms with E-state index in [1.807, 2.05) is 31.2 Å². The van der Waals surface area contributed by atoms with Gasteiger partial charge in [0, 0.05) is 49.4 Å². The van der Waals surface area contributed by atoms with E-state index in [9.17, 15) is 9.90 Å². The van der Waals surface area contributed by atoms with Crippen LogP contribution in [0, 0.1) is 5.92 Å². The number of benzene rings is 1. The Morgan fingerprint density at radius 2 is 2.03 bits per heavy atom. The summed E-state index contributed by atoms with van der Waals surface area (Å²) in [6, 6.07) is 9.13. The van der Waals surface area contributed by atoms with Gasteiger partial charge in [0.1, 0.15) is 5.69 Å². The molecule has 0 radical (unpaired) electrons. The van der Waals surface area contributed by atoms with Gasteiger partial charge in [-0.15, -0.1) is 0 Å². The molecule has 1 aliphatic heterocycles. The number of hydrogen-bond acceptors (Lipinski definition) is 6. The Morgan fingerprint density at radius 1 is 1.30 bits per heavy atom. The Kier molecular flexibility index (Phi) is 5.94. The lowest BCUT2D eigenvalue weighted by molar-refractivity contribution is -0.0707. The number of Topliss-reactive ketones (excluding diaryl/α,β-unsaturated/α-hetero) is 1. The van der Waals surface area contributed by atoms with E-state index in [0.717, 1.165) is 12.1 Å². The second-order valence-corrected chi connectivity index (χ2v) is 8.22. The zero-order valence-electron chi connectivity index (χ0n) is 16.8. The normalized spacial score (nSPS) is 22.2. The number of H-pyrrole nitrogens is 1. The van der Waals surface area contributed by atoms with Gasteiger partial charge < -0.3 is 10.0 Å². The molecule has 4 rings (SSSR count). The van der Waals surface area contributed by atoms with Crippen molar-refractivity contribution in [3.63, 3.8) is 0 Å². The van der Waals surface area contributed by atoms with E-state index in [1.54, 1.807) is 18.5 Å². The van der Waals surface area contributed by atoms with Crippen molar-refractivity contribution < 1.29 is 9.90 Å². The molecule has 2 N–H and O–H groups in total. The smallest absolute Gasteiger partial charge is 0.178 e. The van der Waals surface area contributed by atoms with Crippen LogP contribution in [0.4, 0.5) is 0 Å². The van der Waals surface area contributed by atoms with Crippen LogP contribution in [-0.2, 0) is 5.60 Å². The number of aromatic amines is 1. The molecule has 0 amide bonds. The van der Waals surface area contributed by atoms with Crippen LogP contribution in [0.1, 0.15) is 35.7 Å². The highest BCUT2D eigenvalue weighted by Gasteiger charge is 2.40. The summed E-state index contributed by atoms with van der Waals surface area (Å²) < 4.78 is 0. The number of nitrogens with one attached hydrogen (secondary N) is 1. The second kappa shape index (κ2) is 8.63. The van der Waals surface area contributed by atoms with E-state index in [0.29, 0.717) is 48.0 Å². The van der Waals surface area contributed by atoms with E-state index >= 15 is 0 Å². The molecule has 1 saturated heterocycles. The van der Waals surface area contributed by atoms with Gasteiger partial charge in [0.2, 0.25) is 0 Å². The van der Waals surface area contributed by atoms with E-state index in [-0.39, 0.29) is 11.7 Å². The molecule has 1 aromatic carbocycles. The van der Waals surface area contributed by atoms with Crippen molar-refractivity contribution in [3.05, 3.63) is 65.1 Å². The Hall–Kier alpha value is -2.61. The molecule has 2 aromatic heterocycles. The molecule has 7 nitrogen and oxygen atoms in total. The van der Waals surface area contributed by atoms with Crippen LogP contribution < -0.4 is 0 Å². The maximum atomic E-state index is 12.8. The molecule has 8 heteroatoms. The molecule has 3 heterocycles. The molecule has 156 valence electrons. The zero-order chi connectivity index (χ0) is 21.1. The lowest BCUT2D eigenvalue weighted by atomic mass is 9.77. The van der Waals surface area contributed by atoms with Crippen LogP contribution in [-0.4, -0.2) is 55.6 Å². The summed E-state index contributed by atoms with van der Waals surface area (Å²) >= 11 is 5.98. The summed E-state index contributed by atoms with van der Waals surface area (Å²) in [6.45, 7) is 4.10. The van der Waals surface area contributed by atoms with E-state index in [2.05, 4.69) is 25.1 Å². The predicted molar refractivity (Wildman–Crippen MR) is 114 cm³/mol. The first-order valence-electron chi connectivity index (χ1n) is 10.0. The fraction of sp³-hybridized carbons (Fsp3) is 0.364. The van der Waals surface area contributed by atoms with Crippen LogP contribution in [0.3, 0.4) is 0 Å². The number of halogens is 1. The summed E-state index contributed by atoms with van der Waals surface area (Å²) in [4.78, 5) is 23.4. The van der Waals surface area contributed by atoms with Gasteiger partial charge in [-0.2, -0.15) is 5.10 Å². The number of ketones is 1. The first-order chi connectivity index (χ1) is 14.5. The van der Waals surface area contributed by atoms with Gasteiger partial charge in [0.05, 0.1) is 17.4 Å². The number of carbonyl (C=O) groups excluding carboxylic acids is 1. The Morgan fingerprint density at radius 3 is 2.73 bits per heavy atom. The molecule has 1 fully saturated rings. The van der Waals surface area contributed by atoms with Crippen molar-refractivity contribution in [2.45, 2.75) is 25.4 Å². The van der Waals surface area contributed by atoms with Crippen LogP contribution in [0.25, 0.3) is 11.5 Å². The van der Waals surface area contributed by atoms with Crippen molar-refractivity contribution >= 4 is 17.4 Å². The largest absolute Gasteiger partial charge is 0.385 e. The zero-order valence-corrected chi connectivity index (χ0v) is 17.5. The summed E-state index contributed by atoms with van der Waals surface area (Å²) in [5.74, 6) is 0.486. The molecule has 0 spiro atoms. The van der Waals surface area contributed by atoms with Crippen LogP contribution in [0.5, 0.6) is 0 Å². The standard InChI is InChI=1S/C22H24ClN5O2/c1-15-14-28(12-8-22(15,30)16-3-5-17(23)6-4-16)11-7-19(29)18-13-26-27-20(18)21-24-9-2-10-25-21/h2-6,9-10,13,15,30H,7-8,11-12,14H2,1H3,(H,26,27). The van der Waals surface area contributed by atoms with Gasteiger partial charge >= 0.3 is 0 Å². The number of piperidine rings is 1. The maximum Gasteiger partial charge on any atom is 0.178 e. The number of carbonyl (C=O) groups is 1. The minimum absolute atomic E-state index is 0.00241. The molecule has 2 unspecified atom stereocenters. The summed E-state index contributed by atoms with van der Waals surface area (Å²) in [7, 11) is 0. The molecule has 1 aliphatic rings. The quantitative estimate of drug-likeness (QED) is 0.588. The average molecular weight is 426 g/mol. The third kappa shape index (κ3) is 4.14. The maximum absolute atomic E-state index is 12.8. The highest BCUT2D eigenvalue weighted by molar-refractivity contribution is 6.30. The fourth-order valence-electron chi connectivity index (χ4n) is 4.07. The fourth-order valence-corrected chi connectivity index (χ4v) is 4.19. The highest BCUT2D eigenvalue weighted by Crippen LogP contribution is 2.37. The molecule has 3 aromatic rings. The average Bonchev–Trinajstić information content (AvgIpc) is 3.25. The Labute approximate surface area is 180 Å². The number of aromatic nitrogens is 4. The third-order valence-electron chi connectivity index (χ3n) is 5.88. The molecule has 2 atom stereocenters. The number of aliphatic hydroxyl groups is 1. The van der Waals surface area contributed by atoms with Gasteiger partial charge in [-0.05, 0) is 30.2 Å². The number of nitrogens with zero attached hydrogens (tertiary/aromatic N) is 4. The first kappa shape index (κ1) is 20.7. The Balaban J connectivity index is 1.38. The lowest BCUT2D eigenvalue weighted by Gasteiger charge is -2.43. The van der Waals surface area contributed by atoms with Gasteiger partial charge in [0.15, 0.2) is 11.6 Å². The van der Waals surface area contributed by atoms with Gasteiger partial charge in [0.25, 0.3) is 0 Å². The number of rotatable bonds is 6.